The van der Waals surface area contributed by atoms with Gasteiger partial charge in [-0.2, -0.15) is 9.40 Å². The predicted molar refractivity (Wildman–Crippen MR) is 158 cm³/mol. The first kappa shape index (κ1) is 31.0. The summed E-state index contributed by atoms with van der Waals surface area (Å²) in [5, 5.41) is 8.56. The Morgan fingerprint density at radius 3 is 2.44 bits per heavy atom. The van der Waals surface area contributed by atoms with Crippen LogP contribution in [-0.2, 0) is 21.4 Å². The minimum Gasteiger partial charge on any atom is -0.489 e. The van der Waals surface area contributed by atoms with Gasteiger partial charge in [-0.3, -0.25) is 4.79 Å². The van der Waals surface area contributed by atoms with Gasteiger partial charge in [-0.1, -0.05) is 54.7 Å². The number of nitrogens with zero attached hydrogens (tertiary/aromatic N) is 3. The van der Waals surface area contributed by atoms with Gasteiger partial charge in [-0.25, -0.2) is 13.1 Å². The Hall–Kier alpha value is -2.56. The molecule has 0 atom stereocenters. The normalized spacial score (nSPS) is 12.1. The molecular weight excluding hydrogens is 583 g/mol. The lowest BCUT2D eigenvalue weighted by atomic mass is 10.2. The molecule has 0 spiro atoms. The fraction of sp³-hybridized carbons (Fsp3) is 0.333. The van der Waals surface area contributed by atoms with E-state index in [1.807, 2.05) is 13.8 Å². The molecule has 1 N–H and O–H groups in total. The van der Waals surface area contributed by atoms with Crippen molar-refractivity contribution in [2.24, 2.45) is 0 Å². The van der Waals surface area contributed by atoms with Crippen LogP contribution < -0.4 is 10.1 Å². The van der Waals surface area contributed by atoms with Gasteiger partial charge in [0.05, 0.1) is 28.9 Å². The van der Waals surface area contributed by atoms with Crippen molar-refractivity contribution in [1.82, 2.24) is 14.1 Å². The molecule has 0 bridgehead atoms. The summed E-state index contributed by atoms with van der Waals surface area (Å²) in [6, 6.07) is 9.60. The van der Waals surface area contributed by atoms with E-state index in [1.54, 1.807) is 55.8 Å². The Morgan fingerprint density at radius 1 is 1.13 bits per heavy atom. The van der Waals surface area contributed by atoms with Crippen molar-refractivity contribution in [3.05, 3.63) is 74.5 Å². The first-order valence-electron chi connectivity index (χ1n) is 12.3. The lowest BCUT2D eigenvalue weighted by molar-refractivity contribution is -0.111. The molecule has 0 fully saturated rings. The number of carbonyl (C=O) groups is 1. The second kappa shape index (κ2) is 13.2. The smallest absolute Gasteiger partial charge is 0.248 e. The Labute approximate surface area is 244 Å². The molecule has 0 aliphatic rings. The zero-order valence-electron chi connectivity index (χ0n) is 22.3. The minimum absolute atomic E-state index is 0.0580. The number of halogens is 3. The third-order valence-corrected chi connectivity index (χ3v) is 8.79. The van der Waals surface area contributed by atoms with Crippen molar-refractivity contribution < 1.29 is 17.9 Å². The molecule has 3 aromatic rings. The lowest BCUT2D eigenvalue weighted by Gasteiger charge is -2.20. The highest BCUT2D eigenvalue weighted by Crippen LogP contribution is 2.31. The van der Waals surface area contributed by atoms with Crippen LogP contribution in [0.2, 0.25) is 15.2 Å². The molecule has 2 aromatic carbocycles. The van der Waals surface area contributed by atoms with Gasteiger partial charge in [-0.05, 0) is 62.7 Å². The second-order valence-electron chi connectivity index (χ2n) is 8.92. The first-order valence-corrected chi connectivity index (χ1v) is 14.9. The molecular formula is C27H31Cl3N4O4S. The molecule has 0 aliphatic heterocycles. The number of aryl methyl sites for hydroxylation is 1. The highest BCUT2D eigenvalue weighted by atomic mass is 35.5. The molecule has 12 heteroatoms. The number of carbonyl (C=O) groups excluding carboxylic acids is 1. The van der Waals surface area contributed by atoms with E-state index in [0.717, 1.165) is 5.56 Å². The summed E-state index contributed by atoms with van der Waals surface area (Å²) in [7, 11) is -3.74. The Morgan fingerprint density at radius 2 is 1.82 bits per heavy atom. The monoisotopic (exact) mass is 612 g/mol. The van der Waals surface area contributed by atoms with Crippen LogP contribution >= 0.6 is 34.8 Å². The zero-order valence-corrected chi connectivity index (χ0v) is 25.4. The van der Waals surface area contributed by atoms with Crippen LogP contribution in [0.5, 0.6) is 5.75 Å². The van der Waals surface area contributed by atoms with Gasteiger partial charge in [-0.15, -0.1) is 0 Å². The van der Waals surface area contributed by atoms with Gasteiger partial charge < -0.3 is 10.1 Å². The highest BCUT2D eigenvalue weighted by Gasteiger charge is 2.23. The summed E-state index contributed by atoms with van der Waals surface area (Å²) >= 11 is 18.8. The number of anilines is 1. The van der Waals surface area contributed by atoms with Crippen LogP contribution in [-0.4, -0.2) is 47.6 Å². The van der Waals surface area contributed by atoms with Crippen molar-refractivity contribution in [3.8, 4) is 5.75 Å². The molecule has 0 radical (unpaired) electrons. The standard InChI is InChI=1S/C27H31Cl3N4O4S/c1-6-33(7-2)39(36,37)21-10-12-25(38-17(3)4)24(15-21)31-26(35)13-11-22-18(5)32-34(27(22)30)16-19-8-9-20(28)14-23(19)29/h8-15,17H,6-7,16H2,1-5H3,(H,31,35)/b13-11+. The van der Waals surface area contributed by atoms with Crippen LogP contribution in [0.25, 0.3) is 6.08 Å². The topological polar surface area (TPSA) is 93.5 Å². The molecule has 1 aromatic heterocycles. The van der Waals surface area contributed by atoms with Gasteiger partial charge in [0.15, 0.2) is 0 Å². The van der Waals surface area contributed by atoms with E-state index in [-0.39, 0.29) is 16.7 Å². The first-order chi connectivity index (χ1) is 18.4. The molecule has 0 aliphatic carbocycles. The lowest BCUT2D eigenvalue weighted by Crippen LogP contribution is -2.30. The average Bonchev–Trinajstić information content (AvgIpc) is 3.12. The third kappa shape index (κ3) is 7.55. The van der Waals surface area contributed by atoms with Gasteiger partial charge in [0.1, 0.15) is 10.9 Å². The molecule has 39 heavy (non-hydrogen) atoms. The summed E-state index contributed by atoms with van der Waals surface area (Å²) in [6.45, 7) is 9.96. The molecule has 3 rings (SSSR count). The number of hydrogen-bond acceptors (Lipinski definition) is 5. The summed E-state index contributed by atoms with van der Waals surface area (Å²) in [6.07, 6.45) is 2.67. The van der Waals surface area contributed by atoms with Gasteiger partial charge in [0.2, 0.25) is 15.9 Å². The number of rotatable bonds is 11. The summed E-state index contributed by atoms with van der Waals surface area (Å²) < 4.78 is 34.8. The number of hydrogen-bond donors (Lipinski definition) is 1. The SMILES string of the molecule is CCN(CC)S(=O)(=O)c1ccc(OC(C)C)c(NC(=O)/C=C/c2c(C)nn(Cc3ccc(Cl)cc3Cl)c2Cl)c1. The van der Waals surface area contributed by atoms with E-state index in [4.69, 9.17) is 39.5 Å². The van der Waals surface area contributed by atoms with E-state index in [9.17, 15) is 13.2 Å². The fourth-order valence-corrected chi connectivity index (χ4v) is 6.09. The van der Waals surface area contributed by atoms with Crippen LogP contribution in [0.15, 0.2) is 47.4 Å². The zero-order chi connectivity index (χ0) is 28.9. The van der Waals surface area contributed by atoms with E-state index in [0.29, 0.717) is 51.8 Å². The molecule has 8 nitrogen and oxygen atoms in total. The van der Waals surface area contributed by atoms with Crippen molar-refractivity contribution in [3.63, 3.8) is 0 Å². The quantitative estimate of drug-likeness (QED) is 0.244. The molecule has 1 heterocycles. The summed E-state index contributed by atoms with van der Waals surface area (Å²) in [5.74, 6) is -0.142. The van der Waals surface area contributed by atoms with Crippen molar-refractivity contribution >= 4 is 62.5 Å². The van der Waals surface area contributed by atoms with Crippen LogP contribution in [0.1, 0.15) is 44.5 Å². The van der Waals surface area contributed by atoms with Gasteiger partial charge in [0.25, 0.3) is 0 Å². The minimum atomic E-state index is -3.74. The number of nitrogens with one attached hydrogen (secondary N) is 1. The third-order valence-electron chi connectivity index (χ3n) is 5.76. The second-order valence-corrected chi connectivity index (χ2v) is 12.1. The maximum Gasteiger partial charge on any atom is 0.248 e. The van der Waals surface area contributed by atoms with E-state index in [1.165, 1.54) is 22.5 Å². The van der Waals surface area contributed by atoms with Gasteiger partial charge >= 0.3 is 0 Å². The molecule has 0 saturated carbocycles. The highest BCUT2D eigenvalue weighted by molar-refractivity contribution is 7.89. The molecule has 0 unspecified atom stereocenters. The molecule has 1 amide bonds. The van der Waals surface area contributed by atoms with E-state index < -0.39 is 15.9 Å². The van der Waals surface area contributed by atoms with Gasteiger partial charge in [0, 0.05) is 34.8 Å². The van der Waals surface area contributed by atoms with E-state index >= 15 is 0 Å². The average molecular weight is 614 g/mol. The maximum atomic E-state index is 13.0. The predicted octanol–water partition coefficient (Wildman–Crippen LogP) is 6.67. The van der Waals surface area contributed by atoms with Crippen molar-refractivity contribution in [2.75, 3.05) is 18.4 Å². The summed E-state index contributed by atoms with van der Waals surface area (Å²) in [4.78, 5) is 13.0. The molecule has 210 valence electrons. The van der Waals surface area contributed by atoms with Crippen molar-refractivity contribution in [1.29, 1.82) is 0 Å². The number of sulfonamides is 1. The largest absolute Gasteiger partial charge is 0.489 e. The fourth-order valence-electron chi connectivity index (χ4n) is 3.84. The van der Waals surface area contributed by atoms with E-state index in [2.05, 4.69) is 10.4 Å². The van der Waals surface area contributed by atoms with Crippen LogP contribution in [0.4, 0.5) is 5.69 Å². The number of ether oxygens (including phenoxy) is 1. The maximum absolute atomic E-state index is 13.0. The summed E-state index contributed by atoms with van der Waals surface area (Å²) in [5.41, 5.74) is 2.21. The van der Waals surface area contributed by atoms with Crippen LogP contribution in [0, 0.1) is 6.92 Å². The molecule has 0 saturated heterocycles. The Kier molecular flexibility index (Phi) is 10.5. The number of benzene rings is 2. The number of aromatic nitrogens is 2. The van der Waals surface area contributed by atoms with Crippen LogP contribution in [0.3, 0.4) is 0 Å². The Bertz CT molecular complexity index is 1480. The van der Waals surface area contributed by atoms with Crippen molar-refractivity contribution in [2.45, 2.75) is 52.2 Å². The number of amides is 1. The Balaban J connectivity index is 1.86.